The molecule has 2 aliphatic heterocycles. The fourth-order valence-corrected chi connectivity index (χ4v) is 5.53. The highest BCUT2D eigenvalue weighted by Crippen LogP contribution is 2.38. The lowest BCUT2D eigenvalue weighted by Crippen LogP contribution is -2.55. The zero-order valence-electron chi connectivity index (χ0n) is 21.5. The minimum absolute atomic E-state index is 0.0598. The molecule has 0 bridgehead atoms. The van der Waals surface area contributed by atoms with E-state index in [1.807, 2.05) is 24.5 Å². The molecule has 1 saturated heterocycles. The molecule has 13 heteroatoms. The second-order valence-corrected chi connectivity index (χ2v) is 9.48. The molecule has 2 aliphatic rings. The summed E-state index contributed by atoms with van der Waals surface area (Å²) < 4.78 is 12.4. The zero-order valence-corrected chi connectivity index (χ0v) is 22.3. The van der Waals surface area contributed by atoms with Crippen LogP contribution in [-0.2, 0) is 14.4 Å². The molecule has 1 atom stereocenters. The van der Waals surface area contributed by atoms with Crippen molar-refractivity contribution in [3.8, 4) is 11.5 Å². The summed E-state index contributed by atoms with van der Waals surface area (Å²) in [6.07, 6.45) is 1.20. The number of hydrogen-bond donors (Lipinski definition) is 2. The summed E-state index contributed by atoms with van der Waals surface area (Å²) in [6, 6.07) is 3.24. The number of rotatable bonds is 7. The number of aromatic nitrogens is 1. The first-order chi connectivity index (χ1) is 18.1. The first kappa shape index (κ1) is 26.8. The van der Waals surface area contributed by atoms with Gasteiger partial charge < -0.3 is 14.4 Å². The van der Waals surface area contributed by atoms with Crippen LogP contribution >= 0.6 is 11.3 Å². The molecule has 0 spiro atoms. The van der Waals surface area contributed by atoms with Crippen LogP contribution in [0.4, 0.5) is 4.79 Å². The van der Waals surface area contributed by atoms with E-state index in [2.05, 4.69) is 4.99 Å². The smallest absolute Gasteiger partial charge is 0.328 e. The van der Waals surface area contributed by atoms with E-state index < -0.39 is 35.4 Å². The van der Waals surface area contributed by atoms with E-state index in [0.717, 1.165) is 11.3 Å². The Morgan fingerprint density at radius 1 is 1.11 bits per heavy atom. The molecule has 0 saturated carbocycles. The van der Waals surface area contributed by atoms with Gasteiger partial charge in [0.1, 0.15) is 23.5 Å². The van der Waals surface area contributed by atoms with Gasteiger partial charge in [0, 0.05) is 18.7 Å². The Hall–Kier alpha value is -4.26. The highest BCUT2D eigenvalue weighted by Gasteiger charge is 2.37. The van der Waals surface area contributed by atoms with Gasteiger partial charge in [0.25, 0.3) is 11.5 Å². The number of benzene rings is 1. The molecule has 200 valence electrons. The van der Waals surface area contributed by atoms with Crippen molar-refractivity contribution in [1.82, 2.24) is 20.1 Å². The molecule has 38 heavy (non-hydrogen) atoms. The van der Waals surface area contributed by atoms with Crippen molar-refractivity contribution in [3.05, 3.63) is 54.7 Å². The van der Waals surface area contributed by atoms with Crippen LogP contribution in [-0.4, -0.2) is 60.5 Å². The van der Waals surface area contributed by atoms with Crippen LogP contribution in [0.15, 0.2) is 39.3 Å². The van der Waals surface area contributed by atoms with Crippen molar-refractivity contribution in [2.45, 2.75) is 26.8 Å². The highest BCUT2D eigenvalue weighted by atomic mass is 32.1. The second-order valence-electron chi connectivity index (χ2n) is 8.47. The number of fused-ring (bicyclic) bond motifs is 1. The number of barbiturate groups is 1. The largest absolute Gasteiger partial charge is 0.497 e. The highest BCUT2D eigenvalue weighted by molar-refractivity contribution is 7.07. The number of ether oxygens (including phenoxy) is 2. The maximum Gasteiger partial charge on any atom is 0.328 e. The number of hydrogen-bond acceptors (Lipinski definition) is 9. The van der Waals surface area contributed by atoms with Gasteiger partial charge in [-0.1, -0.05) is 11.3 Å². The van der Waals surface area contributed by atoms with Gasteiger partial charge in [-0.3, -0.25) is 34.4 Å². The zero-order chi connectivity index (χ0) is 27.7. The van der Waals surface area contributed by atoms with E-state index in [1.54, 1.807) is 30.0 Å². The average Bonchev–Trinajstić information content (AvgIpc) is 3.19. The van der Waals surface area contributed by atoms with Crippen LogP contribution in [0.2, 0.25) is 0 Å². The number of nitrogens with one attached hydrogen (secondary N) is 2. The lowest BCUT2D eigenvalue weighted by molar-refractivity contribution is -0.133. The summed E-state index contributed by atoms with van der Waals surface area (Å²) in [7, 11) is 2.99. The van der Waals surface area contributed by atoms with Crippen molar-refractivity contribution in [1.29, 1.82) is 0 Å². The number of imide groups is 2. The van der Waals surface area contributed by atoms with Gasteiger partial charge in [0.15, 0.2) is 4.80 Å². The third-order valence-electron chi connectivity index (χ3n) is 6.39. The maximum atomic E-state index is 13.8. The molecule has 4 rings (SSSR count). The average molecular weight is 542 g/mol. The number of urea groups is 1. The normalized spacial score (nSPS) is 18.0. The van der Waals surface area contributed by atoms with Crippen LogP contribution in [0.25, 0.3) is 6.08 Å². The molecule has 0 aliphatic carbocycles. The van der Waals surface area contributed by atoms with Crippen molar-refractivity contribution in [3.63, 3.8) is 0 Å². The third-order valence-corrected chi connectivity index (χ3v) is 7.39. The van der Waals surface area contributed by atoms with Crippen LogP contribution in [0.5, 0.6) is 11.5 Å². The number of methoxy groups -OCH3 is 2. The fourth-order valence-electron chi connectivity index (χ4n) is 4.47. The van der Waals surface area contributed by atoms with Crippen molar-refractivity contribution in [2.24, 2.45) is 10.9 Å². The summed E-state index contributed by atoms with van der Waals surface area (Å²) in [5.74, 6) is -2.45. The van der Waals surface area contributed by atoms with Gasteiger partial charge in [-0.05, 0) is 45.0 Å². The van der Waals surface area contributed by atoms with Crippen LogP contribution < -0.4 is 35.0 Å². The molecule has 1 aromatic heterocycles. The molecule has 0 radical (unpaired) electrons. The number of carbonyl (C=O) groups excluding carboxylic acids is 4. The Kier molecular flexibility index (Phi) is 7.49. The van der Waals surface area contributed by atoms with Gasteiger partial charge in [0.05, 0.1) is 30.0 Å². The maximum absolute atomic E-state index is 13.8. The standard InChI is InChI=1S/C25H27N5O7S/c1-6-29(7-2)23(34)18-12(3)26-25-30(19(18)14-10-13(36-4)8-9-16(14)37-5)22(33)17(38-25)11-15-20(31)27-24(35)28-21(15)32/h8-11,15,19H,6-7H2,1-5H3,(H2,27,28,31,32,35)/b17-11-/t19-/m0/s1. The predicted molar refractivity (Wildman–Crippen MR) is 137 cm³/mol. The quantitative estimate of drug-likeness (QED) is 0.471. The van der Waals surface area contributed by atoms with Crippen molar-refractivity contribution in [2.75, 3.05) is 27.3 Å². The monoisotopic (exact) mass is 541 g/mol. The lowest BCUT2D eigenvalue weighted by atomic mass is 9.93. The summed E-state index contributed by atoms with van der Waals surface area (Å²) in [6.45, 7) is 6.31. The number of likely N-dealkylation sites (N-methyl/N-ethyl adjacent to an activating group) is 1. The van der Waals surface area contributed by atoms with E-state index in [4.69, 9.17) is 9.47 Å². The van der Waals surface area contributed by atoms with Crippen LogP contribution in [0.3, 0.4) is 0 Å². The summed E-state index contributed by atoms with van der Waals surface area (Å²) in [5, 5.41) is 4.04. The Morgan fingerprint density at radius 2 is 1.76 bits per heavy atom. The number of thiazole rings is 1. The Labute approximate surface area is 221 Å². The molecule has 2 N–H and O–H groups in total. The molecule has 3 heterocycles. The van der Waals surface area contributed by atoms with Crippen LogP contribution in [0, 0.1) is 5.92 Å². The Bertz CT molecular complexity index is 1530. The van der Waals surface area contributed by atoms with E-state index in [0.29, 0.717) is 35.8 Å². The van der Waals surface area contributed by atoms with E-state index in [9.17, 15) is 24.0 Å². The molecular formula is C25H27N5O7S. The van der Waals surface area contributed by atoms with Gasteiger partial charge in [0.2, 0.25) is 11.8 Å². The number of carbonyl (C=O) groups is 4. The Balaban J connectivity index is 2.00. The second kappa shape index (κ2) is 10.6. The summed E-state index contributed by atoms with van der Waals surface area (Å²) in [4.78, 5) is 70.1. The minimum atomic E-state index is -1.39. The molecule has 12 nitrogen and oxygen atoms in total. The minimum Gasteiger partial charge on any atom is -0.497 e. The molecule has 1 aromatic carbocycles. The number of amides is 5. The van der Waals surface area contributed by atoms with Gasteiger partial charge in [-0.2, -0.15) is 0 Å². The molecule has 2 aromatic rings. The van der Waals surface area contributed by atoms with Gasteiger partial charge in [-0.15, -0.1) is 0 Å². The van der Waals surface area contributed by atoms with E-state index in [-0.39, 0.29) is 20.8 Å². The lowest BCUT2D eigenvalue weighted by Gasteiger charge is -2.30. The van der Waals surface area contributed by atoms with Crippen LogP contribution in [0.1, 0.15) is 32.4 Å². The fraction of sp³-hybridized carbons (Fsp3) is 0.360. The van der Waals surface area contributed by atoms with Crippen molar-refractivity contribution >= 4 is 41.2 Å². The topological polar surface area (TPSA) is 148 Å². The predicted octanol–water partition coefficient (Wildman–Crippen LogP) is 0.0547. The van der Waals surface area contributed by atoms with Crippen molar-refractivity contribution < 1.29 is 28.7 Å². The Morgan fingerprint density at radius 3 is 2.34 bits per heavy atom. The first-order valence-electron chi connectivity index (χ1n) is 11.8. The summed E-state index contributed by atoms with van der Waals surface area (Å²) in [5.41, 5.74) is 0.655. The van der Waals surface area contributed by atoms with E-state index >= 15 is 0 Å². The summed E-state index contributed by atoms with van der Waals surface area (Å²) >= 11 is 0.972. The molecule has 0 unspecified atom stereocenters. The third kappa shape index (κ3) is 4.60. The SMILES string of the molecule is CCN(CC)C(=O)C1=C(C)N=c2s/c(=C\C3C(=O)NC(=O)NC3=O)c(=O)n2[C@H]1c1cc(OC)ccc1OC. The van der Waals surface area contributed by atoms with Gasteiger partial charge in [-0.25, -0.2) is 9.79 Å². The number of allylic oxidation sites excluding steroid dienone is 1. The van der Waals surface area contributed by atoms with Gasteiger partial charge >= 0.3 is 6.03 Å². The van der Waals surface area contributed by atoms with E-state index in [1.165, 1.54) is 24.9 Å². The molecular weight excluding hydrogens is 514 g/mol. The molecule has 1 fully saturated rings. The molecule has 5 amide bonds. The number of nitrogens with zero attached hydrogens (tertiary/aromatic N) is 3. The first-order valence-corrected chi connectivity index (χ1v) is 12.7.